The van der Waals surface area contributed by atoms with Crippen molar-refractivity contribution in [2.75, 3.05) is 0 Å². The molecule has 0 fully saturated rings. The van der Waals surface area contributed by atoms with Crippen molar-refractivity contribution in [2.24, 2.45) is 0 Å². The first-order chi connectivity index (χ1) is 6.88. The Labute approximate surface area is 90.4 Å². The minimum atomic E-state index is -4.79. The first-order valence-electron chi connectivity index (χ1n) is 3.76. The number of alkyl halides is 6. The Morgan fingerprint density at radius 1 is 1.27 bits per heavy atom. The largest absolute Gasteiger partial charge is 0.417 e. The van der Waals surface area contributed by atoms with E-state index in [1.807, 2.05) is 0 Å². The molecular formula is C8H5BrF5N. The van der Waals surface area contributed by atoms with Gasteiger partial charge in [-0.2, -0.15) is 13.2 Å². The molecule has 0 atom stereocenters. The minimum absolute atomic E-state index is 0.171. The normalized spacial score (nSPS) is 12.2. The maximum absolute atomic E-state index is 12.5. The van der Waals surface area contributed by atoms with Gasteiger partial charge in [-0.05, 0) is 5.56 Å². The van der Waals surface area contributed by atoms with Crippen LogP contribution in [0.25, 0.3) is 0 Å². The average Bonchev–Trinajstić information content (AvgIpc) is 2.15. The number of hydrogen-bond acceptors (Lipinski definition) is 1. The maximum atomic E-state index is 12.5. The zero-order valence-electron chi connectivity index (χ0n) is 7.15. The van der Waals surface area contributed by atoms with Crippen molar-refractivity contribution >= 4 is 15.9 Å². The van der Waals surface area contributed by atoms with Gasteiger partial charge in [0.2, 0.25) is 0 Å². The molecule has 84 valence electrons. The SMILES string of the molecule is FC(F)c1cncc(CBr)c1C(F)(F)F. The molecule has 1 nitrogen and oxygen atoms in total. The van der Waals surface area contributed by atoms with Gasteiger partial charge in [-0.25, -0.2) is 8.78 Å². The van der Waals surface area contributed by atoms with Gasteiger partial charge < -0.3 is 0 Å². The fourth-order valence-electron chi connectivity index (χ4n) is 1.13. The summed E-state index contributed by atoms with van der Waals surface area (Å²) in [5.74, 6) is 0. The van der Waals surface area contributed by atoms with Crippen molar-refractivity contribution < 1.29 is 22.0 Å². The van der Waals surface area contributed by atoms with E-state index in [2.05, 4.69) is 20.9 Å². The highest BCUT2D eigenvalue weighted by Gasteiger charge is 2.38. The lowest BCUT2D eigenvalue weighted by Crippen LogP contribution is -2.13. The van der Waals surface area contributed by atoms with Gasteiger partial charge in [-0.1, -0.05) is 15.9 Å². The van der Waals surface area contributed by atoms with E-state index in [1.54, 1.807) is 0 Å². The van der Waals surface area contributed by atoms with Gasteiger partial charge in [0.25, 0.3) is 6.43 Å². The third kappa shape index (κ3) is 2.64. The van der Waals surface area contributed by atoms with Gasteiger partial charge in [0.15, 0.2) is 0 Å². The van der Waals surface area contributed by atoms with Crippen LogP contribution < -0.4 is 0 Å². The van der Waals surface area contributed by atoms with Crippen LogP contribution in [-0.2, 0) is 11.5 Å². The monoisotopic (exact) mass is 289 g/mol. The summed E-state index contributed by atoms with van der Waals surface area (Å²) in [6.45, 7) is 0. The summed E-state index contributed by atoms with van der Waals surface area (Å²) >= 11 is 2.80. The number of pyridine rings is 1. The minimum Gasteiger partial charge on any atom is -0.264 e. The van der Waals surface area contributed by atoms with Crippen molar-refractivity contribution in [3.05, 3.63) is 29.1 Å². The lowest BCUT2D eigenvalue weighted by molar-refractivity contribution is -0.140. The van der Waals surface area contributed by atoms with Crippen LogP contribution in [0, 0.1) is 0 Å². The fraction of sp³-hybridized carbons (Fsp3) is 0.375. The van der Waals surface area contributed by atoms with Crippen LogP contribution in [0.2, 0.25) is 0 Å². The Bertz CT molecular complexity index is 349. The molecule has 15 heavy (non-hydrogen) atoms. The molecule has 0 saturated carbocycles. The van der Waals surface area contributed by atoms with Gasteiger partial charge in [0.1, 0.15) is 0 Å². The van der Waals surface area contributed by atoms with E-state index < -0.39 is 23.7 Å². The van der Waals surface area contributed by atoms with E-state index in [4.69, 9.17) is 0 Å². The average molecular weight is 290 g/mol. The molecule has 0 unspecified atom stereocenters. The second-order valence-corrected chi connectivity index (χ2v) is 3.26. The lowest BCUT2D eigenvalue weighted by Gasteiger charge is -2.14. The second-order valence-electron chi connectivity index (χ2n) is 2.69. The van der Waals surface area contributed by atoms with Crippen LogP contribution in [0.5, 0.6) is 0 Å². The molecule has 0 radical (unpaired) electrons. The van der Waals surface area contributed by atoms with Crippen LogP contribution in [-0.4, -0.2) is 4.98 Å². The van der Waals surface area contributed by atoms with Crippen LogP contribution in [0.15, 0.2) is 12.4 Å². The predicted octanol–water partition coefficient (Wildman–Crippen LogP) is 3.93. The molecule has 1 aromatic heterocycles. The molecule has 0 spiro atoms. The second kappa shape index (κ2) is 4.42. The summed E-state index contributed by atoms with van der Waals surface area (Å²) in [6, 6.07) is 0. The van der Waals surface area contributed by atoms with E-state index in [1.165, 1.54) is 0 Å². The standard InChI is InChI=1S/C8H5BrF5N/c9-1-4-2-15-3-5(7(10)11)6(4)8(12,13)14/h2-3,7H,1H2. The summed E-state index contributed by atoms with van der Waals surface area (Å²) in [6.07, 6.45) is -6.52. The number of halogens is 6. The van der Waals surface area contributed by atoms with Crippen molar-refractivity contribution in [3.8, 4) is 0 Å². The molecule has 0 aliphatic heterocycles. The topological polar surface area (TPSA) is 12.9 Å². The first kappa shape index (κ1) is 12.4. The van der Waals surface area contributed by atoms with Gasteiger partial charge in [0, 0.05) is 23.3 Å². The molecule has 0 aliphatic carbocycles. The van der Waals surface area contributed by atoms with Crippen LogP contribution in [0.3, 0.4) is 0 Å². The number of nitrogens with zero attached hydrogens (tertiary/aromatic N) is 1. The molecule has 0 amide bonds. The molecular weight excluding hydrogens is 285 g/mol. The smallest absolute Gasteiger partial charge is 0.264 e. The van der Waals surface area contributed by atoms with E-state index in [0.717, 1.165) is 6.20 Å². The van der Waals surface area contributed by atoms with Crippen molar-refractivity contribution in [1.82, 2.24) is 4.98 Å². The van der Waals surface area contributed by atoms with Crippen LogP contribution in [0.4, 0.5) is 22.0 Å². The van der Waals surface area contributed by atoms with Crippen molar-refractivity contribution in [1.29, 1.82) is 0 Å². The van der Waals surface area contributed by atoms with Gasteiger partial charge in [-0.15, -0.1) is 0 Å². The Hall–Kier alpha value is -0.720. The molecule has 1 heterocycles. The lowest BCUT2D eigenvalue weighted by atomic mass is 10.1. The molecule has 7 heteroatoms. The summed E-state index contributed by atoms with van der Waals surface area (Å²) in [7, 11) is 0. The quantitative estimate of drug-likeness (QED) is 0.594. The van der Waals surface area contributed by atoms with Gasteiger partial charge >= 0.3 is 6.18 Å². The zero-order valence-corrected chi connectivity index (χ0v) is 8.74. The number of hydrogen-bond donors (Lipinski definition) is 0. The molecule has 0 aliphatic rings. The molecule has 0 bridgehead atoms. The van der Waals surface area contributed by atoms with E-state index >= 15 is 0 Å². The summed E-state index contributed by atoms with van der Waals surface area (Å²) in [5.41, 5.74) is -2.68. The molecule has 1 rings (SSSR count). The van der Waals surface area contributed by atoms with E-state index in [-0.39, 0.29) is 10.9 Å². The Kier molecular flexibility index (Phi) is 3.64. The maximum Gasteiger partial charge on any atom is 0.417 e. The van der Waals surface area contributed by atoms with E-state index in [9.17, 15) is 22.0 Å². The highest BCUT2D eigenvalue weighted by atomic mass is 79.9. The number of rotatable bonds is 2. The molecule has 0 aromatic carbocycles. The van der Waals surface area contributed by atoms with Crippen LogP contribution in [0.1, 0.15) is 23.1 Å². The molecule has 0 saturated heterocycles. The van der Waals surface area contributed by atoms with Crippen LogP contribution >= 0.6 is 15.9 Å². The fourth-order valence-corrected chi connectivity index (χ4v) is 1.56. The summed E-state index contributed by atoms with van der Waals surface area (Å²) in [5, 5.41) is -0.171. The molecule has 1 aromatic rings. The third-order valence-corrected chi connectivity index (χ3v) is 2.32. The Morgan fingerprint density at radius 2 is 1.87 bits per heavy atom. The highest BCUT2D eigenvalue weighted by Crippen LogP contribution is 2.38. The predicted molar refractivity (Wildman–Crippen MR) is 46.8 cm³/mol. The number of aromatic nitrogens is 1. The van der Waals surface area contributed by atoms with Crippen molar-refractivity contribution in [3.63, 3.8) is 0 Å². The Morgan fingerprint density at radius 3 is 2.27 bits per heavy atom. The summed E-state index contributed by atoms with van der Waals surface area (Å²) in [4.78, 5) is 3.34. The highest BCUT2D eigenvalue weighted by molar-refractivity contribution is 9.08. The van der Waals surface area contributed by atoms with E-state index in [0.29, 0.717) is 6.20 Å². The van der Waals surface area contributed by atoms with Gasteiger partial charge in [-0.3, -0.25) is 4.98 Å². The molecule has 0 N–H and O–H groups in total. The zero-order chi connectivity index (χ0) is 11.6. The third-order valence-electron chi connectivity index (χ3n) is 1.72. The van der Waals surface area contributed by atoms with Crippen molar-refractivity contribution in [2.45, 2.75) is 17.9 Å². The Balaban J connectivity index is 3.41. The first-order valence-corrected chi connectivity index (χ1v) is 4.88. The summed E-state index contributed by atoms with van der Waals surface area (Å²) < 4.78 is 62.1. The van der Waals surface area contributed by atoms with Gasteiger partial charge in [0.05, 0.1) is 5.56 Å².